The predicted molar refractivity (Wildman–Crippen MR) is 504 cm³/mol. The maximum atomic E-state index is 9.77. The minimum absolute atomic E-state index is 0.221. The van der Waals surface area contributed by atoms with Gasteiger partial charge in [-0.25, -0.2) is 0 Å². The molecule has 9 nitrogen and oxygen atoms in total. The van der Waals surface area contributed by atoms with Gasteiger partial charge >= 0.3 is 0 Å². The number of hydrogen-bond acceptors (Lipinski definition) is 17. The van der Waals surface area contributed by atoms with E-state index in [0.717, 1.165) is 187 Å². The Morgan fingerprint density at radius 2 is 0.658 bits per heavy atom. The fraction of sp³-hybridized carbons (Fsp3) is 0.485. The molecule has 0 saturated heterocycles. The highest BCUT2D eigenvalue weighted by Gasteiger charge is 2.34. The van der Waals surface area contributed by atoms with E-state index in [0.29, 0.717) is 56.7 Å². The predicted octanol–water partition coefficient (Wildman–Crippen LogP) is 33.2. The molecule has 9 heterocycles. The van der Waals surface area contributed by atoms with Crippen LogP contribution in [0.15, 0.2) is 109 Å². The molecule has 1 aliphatic rings. The SMILES string of the molecule is CCCCCCCCCCCCOC1=C(c2ccc(C)s2)C(=N)C(=N)C(c2ccc(-c3cc4c(OCC(CC)CCCC)c5sc(-c6ccc(-c7ccc(-c8ccc(-c9cc%10c(OCC(CC)CCCC)c%11sc(C)cc%11c(OCC(CC)CCCC)c%10s9)s8)c8nccnc78)s6)cc5c(OCC(CC)CCCC)c4s3)s2)=C1C. The van der Waals surface area contributed by atoms with Crippen molar-refractivity contribution in [3.05, 3.63) is 128 Å². The number of nitrogens with one attached hydrogen (secondary N) is 2. The summed E-state index contributed by atoms with van der Waals surface area (Å²) in [6.45, 7) is 30.4. The molecule has 0 amide bonds. The number of aryl methyl sites for hydroxylation is 2. The average Bonchev–Trinajstić information content (AvgIpc) is 1.58. The van der Waals surface area contributed by atoms with Gasteiger partial charge in [0.1, 0.15) is 28.8 Å². The summed E-state index contributed by atoms with van der Waals surface area (Å²) in [4.78, 5) is 24.0. The highest BCUT2D eigenvalue weighted by Crippen LogP contribution is 2.57. The second-order valence-corrected chi connectivity index (χ2v) is 40.6. The van der Waals surface area contributed by atoms with Crippen LogP contribution in [0.5, 0.6) is 23.0 Å². The van der Waals surface area contributed by atoms with Gasteiger partial charge in [-0.05, 0) is 149 Å². The maximum absolute atomic E-state index is 9.77. The monoisotopic (exact) mass is 1680 g/mol. The number of thiophene rings is 8. The van der Waals surface area contributed by atoms with Crippen molar-refractivity contribution < 1.29 is 23.7 Å². The summed E-state index contributed by atoms with van der Waals surface area (Å²) < 4.78 is 40.4. The standard InChI is InChI=1S/C97H120N4O5S8/c1-13-22-27-28-29-30-31-32-33-34-51-102-89-62(12)83(85(98)86(99)84(89)79-42-39-60(10)107-79)78-48-47-77(111-78)82-55-72-93(106-59-66(21-9)38-26-17-5)96-71(92(97(72)114-82)105-58-65(20-8)37-25-16-4)54-81(113-96)76-46-44-74(110-76)68-41-40-67(87-88(68)101-50-49-100-87)73-43-45-75(109-73)80-53-70-91(104-57-64(19-7)36-24-15-3)94-69(52-61(11)108-94)90(95(70)112-80)103-56-63(18-6)35-23-14-2/h39-50,52-55,63-66,98-99H,13-38,51,56-59H2,1-12H3. The molecule has 0 radical (unpaired) electrons. The number of unbranched alkanes of at least 4 members (excludes halogenated alkanes) is 13. The van der Waals surface area contributed by atoms with Crippen molar-refractivity contribution in [1.82, 2.24) is 9.97 Å². The summed E-state index contributed by atoms with van der Waals surface area (Å²) >= 11 is 14.3. The smallest absolute Gasteiger partial charge is 0.146 e. The molecule has 4 atom stereocenters. The molecule has 114 heavy (non-hydrogen) atoms. The van der Waals surface area contributed by atoms with Crippen LogP contribution in [0.2, 0.25) is 0 Å². The number of allylic oxidation sites excluding steroid dienone is 3. The van der Waals surface area contributed by atoms with E-state index in [9.17, 15) is 10.8 Å². The van der Waals surface area contributed by atoms with Crippen molar-refractivity contribution in [3.8, 4) is 73.1 Å². The lowest BCUT2D eigenvalue weighted by molar-refractivity contribution is 0.214. The molecule has 4 unspecified atom stereocenters. The molecule has 2 N–H and O–H groups in total. The first kappa shape index (κ1) is 85.3. The van der Waals surface area contributed by atoms with Crippen molar-refractivity contribution in [1.29, 1.82) is 10.8 Å². The molecule has 0 fully saturated rings. The molecule has 9 aromatic heterocycles. The third-order valence-electron chi connectivity index (χ3n) is 23.3. The molecule has 0 saturated carbocycles. The zero-order valence-corrected chi connectivity index (χ0v) is 76.2. The topological polar surface area (TPSA) is 120 Å². The number of ether oxygens (including phenoxy) is 5. The van der Waals surface area contributed by atoms with Gasteiger partial charge in [0.15, 0.2) is 0 Å². The number of fused-ring (bicyclic) bond motifs is 5. The third-order valence-corrected chi connectivity index (χ3v) is 32.7. The van der Waals surface area contributed by atoms with Crippen molar-refractivity contribution in [2.45, 2.75) is 250 Å². The first-order chi connectivity index (χ1) is 55.7. The molecule has 3 aromatic carbocycles. The van der Waals surface area contributed by atoms with Crippen LogP contribution in [0.4, 0.5) is 0 Å². The second kappa shape index (κ2) is 41.2. The van der Waals surface area contributed by atoms with E-state index in [-0.39, 0.29) is 11.4 Å². The first-order valence-electron chi connectivity index (χ1n) is 43.2. The van der Waals surface area contributed by atoms with Crippen LogP contribution >= 0.6 is 90.7 Å². The first-order valence-corrected chi connectivity index (χ1v) is 49.7. The van der Waals surface area contributed by atoms with Gasteiger partial charge in [-0.2, -0.15) is 0 Å². The Labute approximate surface area is 711 Å². The molecule has 13 rings (SSSR count). The summed E-state index contributed by atoms with van der Waals surface area (Å²) in [5.74, 6) is 6.49. The van der Waals surface area contributed by atoms with E-state index in [4.69, 9.17) is 33.7 Å². The minimum atomic E-state index is 0.221. The van der Waals surface area contributed by atoms with Crippen molar-refractivity contribution in [3.63, 3.8) is 0 Å². The van der Waals surface area contributed by atoms with Crippen molar-refractivity contribution in [2.24, 2.45) is 23.7 Å². The molecule has 606 valence electrons. The fourth-order valence-electron chi connectivity index (χ4n) is 16.1. The summed E-state index contributed by atoms with van der Waals surface area (Å²) in [6.07, 6.45) is 34.6. The summed E-state index contributed by atoms with van der Waals surface area (Å²) in [5.41, 5.74) is 6.83. The molecule has 17 heteroatoms. The Hall–Kier alpha value is -6.54. The quantitative estimate of drug-likeness (QED) is 0.0288. The van der Waals surface area contributed by atoms with Gasteiger partial charge in [0.2, 0.25) is 0 Å². The molecule has 0 aliphatic heterocycles. The Morgan fingerprint density at radius 1 is 0.316 bits per heavy atom. The highest BCUT2D eigenvalue weighted by molar-refractivity contribution is 7.29. The van der Waals surface area contributed by atoms with E-state index in [2.05, 4.69) is 168 Å². The maximum Gasteiger partial charge on any atom is 0.146 e. The number of benzene rings is 3. The normalized spacial score (nSPS) is 14.0. The van der Waals surface area contributed by atoms with Crippen LogP contribution in [0.25, 0.3) is 113 Å². The van der Waals surface area contributed by atoms with Crippen molar-refractivity contribution >= 4 is 165 Å². The fourth-order valence-corrected chi connectivity index (χ4v) is 24.9. The van der Waals surface area contributed by atoms with Crippen LogP contribution < -0.4 is 18.9 Å². The zero-order valence-electron chi connectivity index (χ0n) is 69.7. The number of hydrogen-bond donors (Lipinski definition) is 2. The molecular formula is C97H120N4O5S8. The Balaban J connectivity index is 0.837. The number of rotatable bonds is 47. The molecule has 12 aromatic rings. The summed E-state index contributed by atoms with van der Waals surface area (Å²) in [6, 6.07) is 31.7. The second-order valence-electron chi connectivity index (χ2n) is 31.7. The highest BCUT2D eigenvalue weighted by atomic mass is 32.1. The Bertz CT molecular complexity index is 5140. The van der Waals surface area contributed by atoms with E-state index in [1.165, 1.54) is 147 Å². The van der Waals surface area contributed by atoms with Crippen LogP contribution in [0.3, 0.4) is 0 Å². The molecule has 1 aliphatic carbocycles. The number of nitrogens with zero attached hydrogens (tertiary/aromatic N) is 2. The van der Waals surface area contributed by atoms with Gasteiger partial charge in [0.25, 0.3) is 0 Å². The lowest BCUT2D eigenvalue weighted by atomic mass is 9.86. The Morgan fingerprint density at radius 3 is 1.05 bits per heavy atom. The van der Waals surface area contributed by atoms with E-state index in [1.54, 1.807) is 34.0 Å². The van der Waals surface area contributed by atoms with Gasteiger partial charge in [-0.3, -0.25) is 20.8 Å². The average molecular weight is 1680 g/mol. The van der Waals surface area contributed by atoms with Gasteiger partial charge < -0.3 is 23.7 Å². The van der Waals surface area contributed by atoms with E-state index >= 15 is 0 Å². The molecule has 0 spiro atoms. The van der Waals surface area contributed by atoms with Crippen molar-refractivity contribution in [2.75, 3.05) is 33.0 Å². The van der Waals surface area contributed by atoms with Crippen LogP contribution in [0.1, 0.15) is 256 Å². The molecule has 0 bridgehead atoms. The lowest BCUT2D eigenvalue weighted by Gasteiger charge is -2.25. The van der Waals surface area contributed by atoms with E-state index in [1.807, 2.05) is 69.1 Å². The van der Waals surface area contributed by atoms with Gasteiger partial charge in [-0.15, -0.1) is 90.7 Å². The summed E-state index contributed by atoms with van der Waals surface area (Å²) in [7, 11) is 0. The van der Waals surface area contributed by atoms with Crippen LogP contribution in [-0.4, -0.2) is 54.4 Å². The molecular weight excluding hydrogens is 1560 g/mol. The zero-order chi connectivity index (χ0) is 79.8. The minimum Gasteiger partial charge on any atom is -0.493 e. The third kappa shape index (κ3) is 19.6. The van der Waals surface area contributed by atoms with Gasteiger partial charge in [0.05, 0.1) is 79.9 Å². The van der Waals surface area contributed by atoms with Crippen LogP contribution in [-0.2, 0) is 4.74 Å². The summed E-state index contributed by atoms with van der Waals surface area (Å²) in [5, 5.41) is 24.0. The number of aromatic nitrogens is 2. The van der Waals surface area contributed by atoms with Gasteiger partial charge in [0, 0.05) is 115 Å². The Kier molecular flexibility index (Phi) is 30.9. The largest absolute Gasteiger partial charge is 0.493 e. The lowest BCUT2D eigenvalue weighted by Crippen LogP contribution is -2.23. The van der Waals surface area contributed by atoms with E-state index < -0.39 is 0 Å². The van der Waals surface area contributed by atoms with Gasteiger partial charge in [-0.1, -0.05) is 209 Å². The van der Waals surface area contributed by atoms with Crippen LogP contribution in [0, 0.1) is 48.3 Å².